The van der Waals surface area contributed by atoms with Crippen LogP contribution >= 0.6 is 11.6 Å². The first-order valence-electron chi connectivity index (χ1n) is 6.33. The average Bonchev–Trinajstić information content (AvgIpc) is 2.43. The summed E-state index contributed by atoms with van der Waals surface area (Å²) in [5.41, 5.74) is 1.76. The van der Waals surface area contributed by atoms with Crippen LogP contribution < -0.4 is 9.64 Å². The number of carbonyl (C=O) groups is 1. The molecule has 0 saturated heterocycles. The first kappa shape index (κ1) is 16.0. The van der Waals surface area contributed by atoms with Gasteiger partial charge in [0.1, 0.15) is 0 Å². The van der Waals surface area contributed by atoms with E-state index < -0.39 is 0 Å². The maximum atomic E-state index is 12.0. The molecule has 0 aliphatic rings. The topological polar surface area (TPSA) is 29.5 Å². The van der Waals surface area contributed by atoms with Gasteiger partial charge in [-0.2, -0.15) is 0 Å². The Kier molecular flexibility index (Phi) is 5.41. The number of benzene rings is 2. The van der Waals surface area contributed by atoms with Gasteiger partial charge >= 0.3 is 142 Å². The van der Waals surface area contributed by atoms with Gasteiger partial charge in [-0.25, -0.2) is 0 Å². The monoisotopic (exact) mass is 417 g/mol. The number of aryl methyl sites for hydroxylation is 1. The molecule has 2 rings (SSSR count). The molecule has 0 atom stereocenters. The number of halogens is 1. The Bertz CT molecular complexity index is 670. The van der Waals surface area contributed by atoms with Crippen molar-refractivity contribution in [2.75, 3.05) is 4.90 Å². The van der Waals surface area contributed by atoms with Gasteiger partial charge < -0.3 is 0 Å². The summed E-state index contributed by atoms with van der Waals surface area (Å²) in [7, 11) is 0. The van der Waals surface area contributed by atoms with Gasteiger partial charge in [-0.3, -0.25) is 0 Å². The first-order chi connectivity index (χ1) is 9.99. The van der Waals surface area contributed by atoms with Crippen molar-refractivity contribution in [2.24, 2.45) is 0 Å². The molecule has 21 heavy (non-hydrogen) atoms. The molecule has 0 heterocycles. The SMILES string of the molecule is CC(=O)N(C(=[Te])Oc1ccc(C)cc1)c1ccccc1Cl. The normalized spacial score (nSPS) is 10.0. The Morgan fingerprint density at radius 1 is 1.14 bits per heavy atom. The fourth-order valence-electron chi connectivity index (χ4n) is 1.78. The third-order valence-corrected chi connectivity index (χ3v) is 3.90. The van der Waals surface area contributed by atoms with Crippen LogP contribution in [0.3, 0.4) is 0 Å². The van der Waals surface area contributed by atoms with E-state index in [4.69, 9.17) is 16.3 Å². The molecule has 0 aliphatic heterocycles. The molecule has 0 aromatic heterocycles. The van der Waals surface area contributed by atoms with E-state index in [0.29, 0.717) is 20.3 Å². The van der Waals surface area contributed by atoms with Crippen LogP contribution in [0.15, 0.2) is 48.5 Å². The molecule has 3 nitrogen and oxygen atoms in total. The van der Waals surface area contributed by atoms with Crippen molar-refractivity contribution in [1.29, 1.82) is 0 Å². The van der Waals surface area contributed by atoms with E-state index in [-0.39, 0.29) is 5.91 Å². The number of carbonyl (C=O) groups excluding carboxylic acids is 1. The van der Waals surface area contributed by atoms with Gasteiger partial charge in [-0.05, 0) is 0 Å². The van der Waals surface area contributed by atoms with Crippen LogP contribution in [0, 0.1) is 6.92 Å². The third-order valence-electron chi connectivity index (χ3n) is 2.82. The van der Waals surface area contributed by atoms with Gasteiger partial charge in [0.05, 0.1) is 0 Å². The molecule has 0 saturated carbocycles. The maximum absolute atomic E-state index is 12.0. The van der Waals surface area contributed by atoms with Crippen LogP contribution in [-0.2, 0) is 4.79 Å². The van der Waals surface area contributed by atoms with E-state index >= 15 is 0 Å². The quantitative estimate of drug-likeness (QED) is 0.717. The molecule has 0 aliphatic carbocycles. The number of ether oxygens (including phenoxy) is 1. The van der Waals surface area contributed by atoms with Gasteiger partial charge in [0.25, 0.3) is 0 Å². The van der Waals surface area contributed by atoms with Crippen molar-refractivity contribution in [3.8, 4) is 5.75 Å². The Morgan fingerprint density at radius 2 is 1.76 bits per heavy atom. The Hall–Kier alpha value is -1.34. The van der Waals surface area contributed by atoms with Crippen LogP contribution in [0.4, 0.5) is 5.69 Å². The fourth-order valence-corrected chi connectivity index (χ4v) is 2.92. The fraction of sp³-hybridized carbons (Fsp3) is 0.125. The Labute approximate surface area is 141 Å². The molecule has 2 aromatic carbocycles. The van der Waals surface area contributed by atoms with Crippen molar-refractivity contribution in [1.82, 2.24) is 0 Å². The van der Waals surface area contributed by atoms with Crippen molar-refractivity contribution < 1.29 is 9.53 Å². The molecule has 0 spiro atoms. The molecule has 108 valence electrons. The third kappa shape index (κ3) is 4.07. The van der Waals surface area contributed by atoms with Gasteiger partial charge in [-0.1, -0.05) is 0 Å². The van der Waals surface area contributed by atoms with Crippen LogP contribution in [0.2, 0.25) is 5.02 Å². The van der Waals surface area contributed by atoms with Crippen LogP contribution in [-0.4, -0.2) is 31.6 Å². The number of hydrogen-bond donors (Lipinski definition) is 0. The van der Waals surface area contributed by atoms with E-state index in [9.17, 15) is 4.79 Å². The van der Waals surface area contributed by atoms with Crippen molar-refractivity contribution in [3.05, 3.63) is 59.1 Å². The second-order valence-electron chi connectivity index (χ2n) is 4.49. The second kappa shape index (κ2) is 7.08. The molecule has 0 bridgehead atoms. The molecule has 0 unspecified atom stereocenters. The van der Waals surface area contributed by atoms with Crippen LogP contribution in [0.5, 0.6) is 5.75 Å². The summed E-state index contributed by atoms with van der Waals surface area (Å²) >= 11 is 7.83. The molecule has 5 heteroatoms. The molecule has 0 radical (unpaired) electrons. The minimum atomic E-state index is -0.157. The van der Waals surface area contributed by atoms with E-state index in [2.05, 4.69) is 0 Å². The van der Waals surface area contributed by atoms with Crippen LogP contribution in [0.25, 0.3) is 0 Å². The molecule has 2 aromatic rings. The van der Waals surface area contributed by atoms with E-state index in [1.807, 2.05) is 43.3 Å². The molecule has 1 amide bonds. The average molecular weight is 415 g/mol. The van der Waals surface area contributed by atoms with Crippen molar-refractivity contribution in [3.63, 3.8) is 0 Å². The first-order valence-corrected chi connectivity index (χ1v) is 7.87. The van der Waals surface area contributed by atoms with Gasteiger partial charge in [0.15, 0.2) is 0 Å². The Balaban J connectivity index is 2.27. The van der Waals surface area contributed by atoms with Gasteiger partial charge in [0, 0.05) is 0 Å². The number of anilines is 1. The number of para-hydroxylation sites is 1. The summed E-state index contributed by atoms with van der Waals surface area (Å²) in [5.74, 6) is 0.523. The zero-order chi connectivity index (χ0) is 15.4. The van der Waals surface area contributed by atoms with Gasteiger partial charge in [0.2, 0.25) is 0 Å². The zero-order valence-corrected chi connectivity index (χ0v) is 14.8. The minimum absolute atomic E-state index is 0.157. The van der Waals surface area contributed by atoms with Crippen molar-refractivity contribution >= 4 is 48.9 Å². The zero-order valence-electron chi connectivity index (χ0n) is 11.7. The molecule has 0 fully saturated rings. The molecule has 0 N–H and O–H groups in total. The number of nitrogens with zero attached hydrogens (tertiary/aromatic N) is 1. The Morgan fingerprint density at radius 3 is 2.33 bits per heavy atom. The second-order valence-corrected chi connectivity index (χ2v) is 5.89. The standard InChI is InChI=1S/C16H14ClNO2Te/c1-11-7-9-13(10-8-11)20-16(21)18(12(2)19)15-6-4-3-5-14(15)17/h3-10H,1-2H3. The summed E-state index contributed by atoms with van der Waals surface area (Å²) in [6.07, 6.45) is 0. The summed E-state index contributed by atoms with van der Waals surface area (Å²) < 4.78 is 6.24. The predicted octanol–water partition coefficient (Wildman–Crippen LogP) is 3.34. The summed E-state index contributed by atoms with van der Waals surface area (Å²) in [6, 6.07) is 14.8. The summed E-state index contributed by atoms with van der Waals surface area (Å²) in [5, 5.41) is 0.501. The van der Waals surface area contributed by atoms with E-state index in [1.165, 1.54) is 11.8 Å². The molecular formula is C16H14ClNO2Te. The number of hydrogen-bond acceptors (Lipinski definition) is 2. The van der Waals surface area contributed by atoms with E-state index in [1.54, 1.807) is 34.0 Å². The molecular weight excluding hydrogens is 401 g/mol. The summed E-state index contributed by atoms with van der Waals surface area (Å²) in [4.78, 5) is 13.4. The van der Waals surface area contributed by atoms with Crippen LogP contribution in [0.1, 0.15) is 12.5 Å². The van der Waals surface area contributed by atoms with Crippen molar-refractivity contribution in [2.45, 2.75) is 13.8 Å². The number of amides is 1. The van der Waals surface area contributed by atoms with E-state index in [0.717, 1.165) is 5.56 Å². The van der Waals surface area contributed by atoms with Gasteiger partial charge in [-0.15, -0.1) is 0 Å². The summed E-state index contributed by atoms with van der Waals surface area (Å²) in [6.45, 7) is 3.49. The predicted molar refractivity (Wildman–Crippen MR) is 87.2 cm³/mol. The number of rotatable bonds is 4.